The Morgan fingerprint density at radius 1 is 1.48 bits per heavy atom. The van der Waals surface area contributed by atoms with Crippen LogP contribution in [0.5, 0.6) is 0 Å². The Morgan fingerprint density at radius 2 is 2.36 bits per heavy atom. The van der Waals surface area contributed by atoms with E-state index in [0.29, 0.717) is 6.42 Å². The molecule has 1 amide bonds. The topological polar surface area (TPSA) is 71.2 Å². The number of fused-ring (bicyclic) bond motifs is 1. The van der Waals surface area contributed by atoms with Crippen LogP contribution in [-0.2, 0) is 17.8 Å². The van der Waals surface area contributed by atoms with Crippen molar-refractivity contribution in [2.75, 3.05) is 16.8 Å². The van der Waals surface area contributed by atoms with Gasteiger partial charge in [-0.25, -0.2) is 0 Å². The summed E-state index contributed by atoms with van der Waals surface area (Å²) < 4.78 is 5.83. The fraction of sp³-hybridized carbons (Fsp3) is 0.412. The maximum Gasteiger partial charge on any atom is 0.227 e. The maximum atomic E-state index is 12.3. The zero-order chi connectivity index (χ0) is 17.4. The van der Waals surface area contributed by atoms with E-state index < -0.39 is 0 Å². The Bertz CT molecular complexity index is 881. The summed E-state index contributed by atoms with van der Waals surface area (Å²) >= 11 is 4.95. The quantitative estimate of drug-likeness (QED) is 0.664. The van der Waals surface area contributed by atoms with E-state index in [4.69, 9.17) is 5.73 Å². The van der Waals surface area contributed by atoms with Crippen LogP contribution in [0.2, 0.25) is 0 Å². The monoisotopic (exact) mass is 392 g/mol. The summed E-state index contributed by atoms with van der Waals surface area (Å²) in [5.74, 6) is 0.201. The summed E-state index contributed by atoms with van der Waals surface area (Å²) in [6, 6.07) is 4.25. The predicted molar refractivity (Wildman–Crippen MR) is 108 cm³/mol. The summed E-state index contributed by atoms with van der Waals surface area (Å²) in [4.78, 5) is 16.7. The average Bonchev–Trinajstić information content (AvgIpc) is 3.31. The largest absolute Gasteiger partial charge is 0.370 e. The summed E-state index contributed by atoms with van der Waals surface area (Å²) in [5, 5.41) is 6.67. The number of nitrogens with two attached hydrogens (primary N) is 1. The molecule has 3 N–H and O–H groups in total. The van der Waals surface area contributed by atoms with E-state index in [1.807, 2.05) is 11.8 Å². The molecule has 3 aromatic heterocycles. The number of hydrogen-bond donors (Lipinski definition) is 2. The second kappa shape index (κ2) is 7.03. The third-order valence-corrected chi connectivity index (χ3v) is 7.24. The van der Waals surface area contributed by atoms with E-state index in [9.17, 15) is 4.79 Å². The summed E-state index contributed by atoms with van der Waals surface area (Å²) in [5.41, 5.74) is 8.00. The van der Waals surface area contributed by atoms with E-state index in [-0.39, 0.29) is 11.9 Å². The Morgan fingerprint density at radius 3 is 3.04 bits per heavy atom. The van der Waals surface area contributed by atoms with Gasteiger partial charge in [-0.1, -0.05) is 6.07 Å². The van der Waals surface area contributed by atoms with Crippen molar-refractivity contribution >= 4 is 61.0 Å². The van der Waals surface area contributed by atoms with Crippen LogP contribution in [0.25, 0.3) is 10.2 Å². The molecule has 25 heavy (non-hydrogen) atoms. The van der Waals surface area contributed by atoms with Gasteiger partial charge in [-0.3, -0.25) is 4.79 Å². The molecule has 0 aliphatic carbocycles. The molecule has 1 aliphatic heterocycles. The second-order valence-corrected chi connectivity index (χ2v) is 9.24. The molecule has 0 radical (unpaired) electrons. The first-order valence-corrected chi connectivity index (χ1v) is 10.8. The number of nitrogens with one attached hydrogen (secondary N) is 1. The molecule has 0 spiro atoms. The third-order valence-electron chi connectivity index (χ3n) is 4.22. The van der Waals surface area contributed by atoms with Crippen molar-refractivity contribution in [2.45, 2.75) is 38.8 Å². The molecule has 4 rings (SSSR count). The van der Waals surface area contributed by atoms with Crippen LogP contribution in [0.3, 0.4) is 0 Å². The van der Waals surface area contributed by atoms with Gasteiger partial charge in [0.1, 0.15) is 10.5 Å². The van der Waals surface area contributed by atoms with Gasteiger partial charge in [-0.05, 0) is 42.7 Å². The number of thiophene rings is 2. The number of anilines is 2. The van der Waals surface area contributed by atoms with Crippen LogP contribution in [0.4, 0.5) is 10.7 Å². The lowest BCUT2D eigenvalue weighted by Gasteiger charge is -2.17. The van der Waals surface area contributed by atoms with Crippen LogP contribution >= 0.6 is 34.2 Å². The SMILES string of the molecule is C[C@H](N)Cc1sc2c(NCc3cccs3)snc2c1N1CCCC1=O. The summed E-state index contributed by atoms with van der Waals surface area (Å²) in [6.07, 6.45) is 2.32. The van der Waals surface area contributed by atoms with Gasteiger partial charge in [0.2, 0.25) is 5.91 Å². The number of carbonyl (C=O) groups is 1. The number of aromatic nitrogens is 1. The third kappa shape index (κ3) is 3.31. The van der Waals surface area contributed by atoms with Gasteiger partial charge in [0.25, 0.3) is 0 Å². The second-order valence-electron chi connectivity index (χ2n) is 6.33. The fourth-order valence-corrected chi connectivity index (χ4v) is 6.03. The first-order valence-electron chi connectivity index (χ1n) is 8.36. The van der Waals surface area contributed by atoms with E-state index in [1.54, 1.807) is 22.7 Å². The minimum absolute atomic E-state index is 0.0606. The molecule has 4 heterocycles. The molecule has 5 nitrogen and oxygen atoms in total. The van der Waals surface area contributed by atoms with Gasteiger partial charge in [-0.15, -0.1) is 22.7 Å². The Hall–Kier alpha value is -1.48. The number of amides is 1. The highest BCUT2D eigenvalue weighted by Crippen LogP contribution is 2.45. The summed E-state index contributed by atoms with van der Waals surface area (Å²) in [7, 11) is 0. The van der Waals surface area contributed by atoms with E-state index in [1.165, 1.54) is 21.3 Å². The highest BCUT2D eigenvalue weighted by Gasteiger charge is 2.29. The van der Waals surface area contributed by atoms with Crippen molar-refractivity contribution in [3.05, 3.63) is 27.3 Å². The summed E-state index contributed by atoms with van der Waals surface area (Å²) in [6.45, 7) is 3.59. The number of nitrogens with zero attached hydrogens (tertiary/aromatic N) is 2. The number of hydrogen-bond acceptors (Lipinski definition) is 7. The van der Waals surface area contributed by atoms with Gasteiger partial charge in [0.15, 0.2) is 0 Å². The van der Waals surface area contributed by atoms with Crippen molar-refractivity contribution in [2.24, 2.45) is 5.73 Å². The average molecular weight is 393 g/mol. The molecule has 1 fully saturated rings. The van der Waals surface area contributed by atoms with Crippen molar-refractivity contribution in [3.8, 4) is 0 Å². The predicted octanol–water partition coefficient (Wildman–Crippen LogP) is 4.05. The lowest BCUT2D eigenvalue weighted by Crippen LogP contribution is -2.26. The molecular weight excluding hydrogens is 372 g/mol. The van der Waals surface area contributed by atoms with Crippen LogP contribution in [0.15, 0.2) is 17.5 Å². The molecule has 132 valence electrons. The first-order chi connectivity index (χ1) is 12.1. The number of rotatable bonds is 6. The van der Waals surface area contributed by atoms with Gasteiger partial charge >= 0.3 is 0 Å². The highest BCUT2D eigenvalue weighted by atomic mass is 32.1. The minimum Gasteiger partial charge on any atom is -0.370 e. The Labute approximate surface area is 158 Å². The van der Waals surface area contributed by atoms with Crippen LogP contribution < -0.4 is 16.0 Å². The lowest BCUT2D eigenvalue weighted by atomic mass is 10.2. The van der Waals surface area contributed by atoms with Crippen LogP contribution in [-0.4, -0.2) is 22.9 Å². The lowest BCUT2D eigenvalue weighted by molar-refractivity contribution is -0.117. The highest BCUT2D eigenvalue weighted by molar-refractivity contribution is 7.25. The van der Waals surface area contributed by atoms with Crippen molar-refractivity contribution < 1.29 is 4.79 Å². The Kier molecular flexibility index (Phi) is 4.77. The van der Waals surface area contributed by atoms with Gasteiger partial charge in [-0.2, -0.15) is 4.37 Å². The molecule has 0 unspecified atom stereocenters. The van der Waals surface area contributed by atoms with E-state index in [2.05, 4.69) is 27.2 Å². The molecule has 0 bridgehead atoms. The molecule has 3 aromatic rings. The standard InChI is InChI=1S/C17H20N4OS3/c1-10(18)8-12-15(21-6-2-5-13(21)22)14-16(24-12)17(25-20-14)19-9-11-4-3-7-23-11/h3-4,7,10,19H,2,5-6,8-9,18H2,1H3/t10-/m0/s1. The fourth-order valence-electron chi connectivity index (χ4n) is 3.12. The molecule has 1 aliphatic rings. The van der Waals surface area contributed by atoms with Crippen molar-refractivity contribution in [3.63, 3.8) is 0 Å². The van der Waals surface area contributed by atoms with Crippen LogP contribution in [0.1, 0.15) is 29.5 Å². The molecule has 1 atom stereocenters. The first kappa shape index (κ1) is 17.0. The Balaban J connectivity index is 1.70. The van der Waals surface area contributed by atoms with E-state index in [0.717, 1.165) is 46.8 Å². The van der Waals surface area contributed by atoms with Crippen LogP contribution in [0, 0.1) is 0 Å². The molecular formula is C17H20N4OS3. The molecule has 8 heteroatoms. The van der Waals surface area contributed by atoms with Crippen molar-refractivity contribution in [1.29, 1.82) is 0 Å². The molecule has 0 saturated carbocycles. The minimum atomic E-state index is 0.0606. The number of carbonyl (C=O) groups excluding carboxylic acids is 1. The van der Waals surface area contributed by atoms with Gasteiger partial charge in [0.05, 0.1) is 16.9 Å². The van der Waals surface area contributed by atoms with Gasteiger partial charge < -0.3 is 16.0 Å². The van der Waals surface area contributed by atoms with Crippen molar-refractivity contribution in [1.82, 2.24) is 4.37 Å². The van der Waals surface area contributed by atoms with E-state index >= 15 is 0 Å². The maximum absolute atomic E-state index is 12.3. The molecule has 0 aromatic carbocycles. The zero-order valence-electron chi connectivity index (χ0n) is 13.9. The van der Waals surface area contributed by atoms with Gasteiger partial charge in [0, 0.05) is 28.8 Å². The normalized spacial score (nSPS) is 16.1. The smallest absolute Gasteiger partial charge is 0.227 e. The zero-order valence-corrected chi connectivity index (χ0v) is 16.4. The molecule has 1 saturated heterocycles.